The van der Waals surface area contributed by atoms with Gasteiger partial charge >= 0.3 is 0 Å². The van der Waals surface area contributed by atoms with E-state index in [2.05, 4.69) is 19.9 Å². The summed E-state index contributed by atoms with van der Waals surface area (Å²) in [6, 6.07) is 6.09. The highest BCUT2D eigenvalue weighted by Crippen LogP contribution is 2.34. The van der Waals surface area contributed by atoms with Gasteiger partial charge in [-0.3, -0.25) is 0 Å². The Morgan fingerprint density at radius 3 is 2.65 bits per heavy atom. The third-order valence-corrected chi connectivity index (χ3v) is 3.52. The van der Waals surface area contributed by atoms with E-state index < -0.39 is 0 Å². The number of thioether (sulfide) groups is 1. The molecule has 3 nitrogen and oxygen atoms in total. The van der Waals surface area contributed by atoms with Crippen LogP contribution in [0.4, 0.5) is 0 Å². The molecule has 4 heteroatoms. The molecule has 0 atom stereocenters. The minimum atomic E-state index is -0.0964. The van der Waals surface area contributed by atoms with Crippen LogP contribution in [0.25, 0.3) is 0 Å². The fraction of sp³-hybridized carbons (Fsp3) is 0.538. The van der Waals surface area contributed by atoms with E-state index in [1.165, 1.54) is 4.90 Å². The second kappa shape index (κ2) is 5.19. The van der Waals surface area contributed by atoms with Crippen molar-refractivity contribution in [1.29, 1.82) is 0 Å². The van der Waals surface area contributed by atoms with Gasteiger partial charge in [-0.25, -0.2) is 0 Å². The van der Waals surface area contributed by atoms with Crippen molar-refractivity contribution >= 4 is 11.8 Å². The lowest BCUT2D eigenvalue weighted by molar-refractivity contribution is 0.171. The Morgan fingerprint density at radius 2 is 1.94 bits per heavy atom. The quantitative estimate of drug-likeness (QED) is 0.838. The van der Waals surface area contributed by atoms with Crippen molar-refractivity contribution in [3.05, 3.63) is 18.2 Å². The van der Waals surface area contributed by atoms with Gasteiger partial charge in [0.1, 0.15) is 13.2 Å². The maximum atomic E-state index is 5.95. The number of rotatable bonds is 4. The fourth-order valence-corrected chi connectivity index (χ4v) is 2.76. The average molecular weight is 253 g/mol. The molecule has 0 saturated heterocycles. The molecular weight excluding hydrogens is 234 g/mol. The third-order valence-electron chi connectivity index (χ3n) is 2.53. The summed E-state index contributed by atoms with van der Waals surface area (Å²) in [5.74, 6) is 2.72. The first kappa shape index (κ1) is 12.6. The summed E-state index contributed by atoms with van der Waals surface area (Å²) in [4.78, 5) is 1.21. The normalized spacial score (nSPS) is 14.8. The van der Waals surface area contributed by atoms with Crippen LogP contribution in [0.15, 0.2) is 23.1 Å². The molecule has 0 aliphatic carbocycles. The molecule has 1 aliphatic heterocycles. The van der Waals surface area contributed by atoms with E-state index in [4.69, 9.17) is 15.2 Å². The number of benzene rings is 1. The molecule has 0 radical (unpaired) electrons. The van der Waals surface area contributed by atoms with E-state index in [0.717, 1.165) is 23.7 Å². The molecule has 0 unspecified atom stereocenters. The van der Waals surface area contributed by atoms with Crippen LogP contribution in [-0.2, 0) is 0 Å². The predicted octanol–water partition coefficient (Wildman–Crippen LogP) is 2.68. The molecule has 1 heterocycles. The number of hydrogen-bond acceptors (Lipinski definition) is 4. The predicted molar refractivity (Wildman–Crippen MR) is 71.0 cm³/mol. The minimum Gasteiger partial charge on any atom is -0.486 e. The van der Waals surface area contributed by atoms with Gasteiger partial charge in [-0.2, -0.15) is 0 Å². The van der Waals surface area contributed by atoms with Crippen LogP contribution < -0.4 is 15.2 Å². The SMILES string of the molecule is CC(C)(N)CCSc1ccc2c(c1)OCCO2. The Kier molecular flexibility index (Phi) is 3.84. The van der Waals surface area contributed by atoms with Crippen molar-refractivity contribution in [2.75, 3.05) is 19.0 Å². The number of ether oxygens (including phenoxy) is 2. The van der Waals surface area contributed by atoms with Crippen LogP contribution in [0.5, 0.6) is 11.5 Å². The first-order valence-corrected chi connectivity index (χ1v) is 6.84. The fourth-order valence-electron chi connectivity index (χ4n) is 1.55. The lowest BCUT2D eigenvalue weighted by Gasteiger charge is -2.20. The van der Waals surface area contributed by atoms with E-state index in [1.807, 2.05) is 12.1 Å². The number of nitrogens with two attached hydrogens (primary N) is 1. The van der Waals surface area contributed by atoms with Crippen LogP contribution in [0.2, 0.25) is 0 Å². The van der Waals surface area contributed by atoms with Crippen molar-refractivity contribution < 1.29 is 9.47 Å². The molecule has 94 valence electrons. The van der Waals surface area contributed by atoms with E-state index in [-0.39, 0.29) is 5.54 Å². The Bertz CT molecular complexity index is 387. The highest BCUT2D eigenvalue weighted by molar-refractivity contribution is 7.99. The van der Waals surface area contributed by atoms with Crippen LogP contribution in [0.3, 0.4) is 0 Å². The summed E-state index contributed by atoms with van der Waals surface area (Å²) >= 11 is 1.80. The number of fused-ring (bicyclic) bond motifs is 1. The Morgan fingerprint density at radius 1 is 1.24 bits per heavy atom. The van der Waals surface area contributed by atoms with E-state index in [9.17, 15) is 0 Å². The van der Waals surface area contributed by atoms with Crippen LogP contribution in [0, 0.1) is 0 Å². The van der Waals surface area contributed by atoms with Crippen molar-refractivity contribution in [3.63, 3.8) is 0 Å². The summed E-state index contributed by atoms with van der Waals surface area (Å²) < 4.78 is 11.0. The zero-order valence-corrected chi connectivity index (χ0v) is 11.2. The monoisotopic (exact) mass is 253 g/mol. The van der Waals surface area contributed by atoms with Gasteiger partial charge in [0.2, 0.25) is 0 Å². The topological polar surface area (TPSA) is 44.5 Å². The lowest BCUT2D eigenvalue weighted by Crippen LogP contribution is -2.32. The van der Waals surface area contributed by atoms with Crippen molar-refractivity contribution in [2.24, 2.45) is 5.73 Å². The van der Waals surface area contributed by atoms with Crippen molar-refractivity contribution in [3.8, 4) is 11.5 Å². The van der Waals surface area contributed by atoms with Gasteiger partial charge in [0.15, 0.2) is 11.5 Å². The zero-order valence-electron chi connectivity index (χ0n) is 10.4. The second-order valence-corrected chi connectivity index (χ2v) is 6.06. The smallest absolute Gasteiger partial charge is 0.162 e. The largest absolute Gasteiger partial charge is 0.486 e. The highest BCUT2D eigenvalue weighted by atomic mass is 32.2. The summed E-state index contributed by atoms with van der Waals surface area (Å²) in [5.41, 5.74) is 5.86. The van der Waals surface area contributed by atoms with E-state index in [0.29, 0.717) is 13.2 Å². The molecule has 0 spiro atoms. The molecule has 2 N–H and O–H groups in total. The van der Waals surface area contributed by atoms with E-state index in [1.54, 1.807) is 11.8 Å². The summed E-state index contributed by atoms with van der Waals surface area (Å²) in [6.07, 6.45) is 0.992. The van der Waals surface area contributed by atoms with Gasteiger partial charge in [-0.05, 0) is 44.2 Å². The van der Waals surface area contributed by atoms with Crippen LogP contribution >= 0.6 is 11.8 Å². The standard InChI is InChI=1S/C13H19NO2S/c1-13(2,14)5-8-17-10-3-4-11-12(9-10)16-7-6-15-11/h3-4,9H,5-8,14H2,1-2H3. The maximum Gasteiger partial charge on any atom is 0.162 e. The van der Waals surface area contributed by atoms with Crippen molar-refractivity contribution in [2.45, 2.75) is 30.7 Å². The Labute approximate surface area is 107 Å². The molecule has 0 saturated carbocycles. The van der Waals surface area contributed by atoms with Crippen molar-refractivity contribution in [1.82, 2.24) is 0 Å². The van der Waals surface area contributed by atoms with Gasteiger partial charge in [0.25, 0.3) is 0 Å². The minimum absolute atomic E-state index is 0.0964. The molecule has 17 heavy (non-hydrogen) atoms. The molecule has 1 aliphatic rings. The number of hydrogen-bond donors (Lipinski definition) is 1. The molecule has 0 aromatic heterocycles. The molecule has 1 aromatic carbocycles. The zero-order chi connectivity index (χ0) is 12.3. The molecule has 2 rings (SSSR count). The van der Waals surface area contributed by atoms with Crippen LogP contribution in [0.1, 0.15) is 20.3 Å². The van der Waals surface area contributed by atoms with Gasteiger partial charge in [-0.15, -0.1) is 11.8 Å². The average Bonchev–Trinajstić information content (AvgIpc) is 2.27. The maximum absolute atomic E-state index is 5.95. The first-order valence-electron chi connectivity index (χ1n) is 5.86. The van der Waals surface area contributed by atoms with Crippen LogP contribution in [-0.4, -0.2) is 24.5 Å². The van der Waals surface area contributed by atoms with Gasteiger partial charge in [0.05, 0.1) is 0 Å². The highest BCUT2D eigenvalue weighted by Gasteiger charge is 2.13. The summed E-state index contributed by atoms with van der Waals surface area (Å²) in [5, 5.41) is 0. The molecule has 0 bridgehead atoms. The first-order chi connectivity index (χ1) is 8.04. The lowest BCUT2D eigenvalue weighted by atomic mass is 10.0. The summed E-state index contributed by atoms with van der Waals surface area (Å²) in [7, 11) is 0. The Hall–Kier alpha value is -0.870. The summed E-state index contributed by atoms with van der Waals surface area (Å²) in [6.45, 7) is 5.38. The van der Waals surface area contributed by atoms with Gasteiger partial charge in [-0.1, -0.05) is 0 Å². The second-order valence-electron chi connectivity index (χ2n) is 4.89. The molecular formula is C13H19NO2S. The van der Waals surface area contributed by atoms with Gasteiger partial charge < -0.3 is 15.2 Å². The molecule has 0 amide bonds. The van der Waals surface area contributed by atoms with E-state index >= 15 is 0 Å². The van der Waals surface area contributed by atoms with Gasteiger partial charge in [0, 0.05) is 10.4 Å². The third kappa shape index (κ3) is 3.82. The molecule has 1 aromatic rings. The Balaban J connectivity index is 1.93. The molecule has 0 fully saturated rings.